The molecule has 108 valence electrons. The topological polar surface area (TPSA) is 92.2 Å². The zero-order chi connectivity index (χ0) is 15.0. The Labute approximate surface area is 129 Å². The highest BCUT2D eigenvalue weighted by Crippen LogP contribution is 2.33. The third kappa shape index (κ3) is 2.53. The largest absolute Gasteiger partial charge is 0.507 e. The lowest BCUT2D eigenvalue weighted by Gasteiger charge is -2.10. The fourth-order valence-corrected chi connectivity index (χ4v) is 3.78. The van der Waals surface area contributed by atoms with E-state index >= 15 is 0 Å². The van der Waals surface area contributed by atoms with Crippen LogP contribution in [0.4, 0.5) is 5.69 Å². The van der Waals surface area contributed by atoms with Gasteiger partial charge in [0.2, 0.25) is 0 Å². The minimum atomic E-state index is -3.98. The van der Waals surface area contributed by atoms with Crippen LogP contribution in [-0.4, -0.2) is 22.3 Å². The number of phenolic OH excluding ortho intramolecular Hbond substituents is 1. The van der Waals surface area contributed by atoms with E-state index in [2.05, 4.69) is 13.5 Å². The minimum absolute atomic E-state index is 0.145. The molecule has 6 nitrogen and oxygen atoms in total. The monoisotopic (exact) mass is 341 g/mol. The minimum Gasteiger partial charge on any atom is -0.507 e. The molecular weight excluding hydrogens is 334 g/mol. The standard InChI is InChI=1S/C12H8ClN3O3S2/c13-7-5-6-8-12(15-20-14-8)11(7)16-21(18,19)10-4-2-1-3-9(10)17/h1-6,16-17H. The molecule has 0 atom stereocenters. The van der Waals surface area contributed by atoms with E-state index in [0.717, 1.165) is 11.7 Å². The number of fused-ring (bicyclic) bond motifs is 1. The second-order valence-electron chi connectivity index (χ2n) is 4.13. The number of para-hydroxylation sites is 1. The van der Waals surface area contributed by atoms with Gasteiger partial charge in [-0.15, -0.1) is 0 Å². The molecule has 2 N–H and O–H groups in total. The molecule has 0 bridgehead atoms. The lowest BCUT2D eigenvalue weighted by molar-refractivity contribution is 0.459. The van der Waals surface area contributed by atoms with Crippen LogP contribution in [0.15, 0.2) is 41.3 Å². The fraction of sp³-hybridized carbons (Fsp3) is 0. The van der Waals surface area contributed by atoms with E-state index in [1.807, 2.05) is 0 Å². The van der Waals surface area contributed by atoms with Gasteiger partial charge in [0.15, 0.2) is 0 Å². The smallest absolute Gasteiger partial charge is 0.265 e. The first-order valence-corrected chi connectivity index (χ1v) is 8.30. The fourth-order valence-electron chi connectivity index (χ4n) is 1.80. The third-order valence-electron chi connectivity index (χ3n) is 2.77. The number of halogens is 1. The summed E-state index contributed by atoms with van der Waals surface area (Å²) >= 11 is 7.00. The quantitative estimate of drug-likeness (QED) is 0.764. The number of nitrogens with zero attached hydrogens (tertiary/aromatic N) is 2. The Hall–Kier alpha value is -1.90. The van der Waals surface area contributed by atoms with Crippen molar-refractivity contribution in [2.75, 3.05) is 4.72 Å². The Morgan fingerprint density at radius 3 is 2.67 bits per heavy atom. The molecule has 21 heavy (non-hydrogen) atoms. The normalized spacial score (nSPS) is 11.7. The van der Waals surface area contributed by atoms with Crippen LogP contribution in [0.1, 0.15) is 0 Å². The number of anilines is 1. The Balaban J connectivity index is 2.12. The van der Waals surface area contributed by atoms with Gasteiger partial charge >= 0.3 is 0 Å². The number of nitrogens with one attached hydrogen (secondary N) is 1. The van der Waals surface area contributed by atoms with E-state index in [1.165, 1.54) is 30.3 Å². The first-order valence-electron chi connectivity index (χ1n) is 5.70. The van der Waals surface area contributed by atoms with Gasteiger partial charge in [-0.05, 0) is 24.3 Å². The van der Waals surface area contributed by atoms with Crippen molar-refractivity contribution in [1.29, 1.82) is 0 Å². The summed E-state index contributed by atoms with van der Waals surface area (Å²) in [4.78, 5) is -0.235. The third-order valence-corrected chi connectivity index (χ3v) is 5.02. The van der Waals surface area contributed by atoms with Gasteiger partial charge in [0.05, 0.1) is 22.4 Å². The van der Waals surface area contributed by atoms with Crippen LogP contribution in [0.3, 0.4) is 0 Å². The highest BCUT2D eigenvalue weighted by atomic mass is 35.5. The van der Waals surface area contributed by atoms with Crippen molar-refractivity contribution in [3.63, 3.8) is 0 Å². The molecule has 2 aromatic carbocycles. The number of hydrogen-bond donors (Lipinski definition) is 2. The molecular formula is C12H8ClN3O3S2. The zero-order valence-corrected chi connectivity index (χ0v) is 12.7. The Kier molecular flexibility index (Phi) is 3.44. The van der Waals surface area contributed by atoms with E-state index in [1.54, 1.807) is 6.07 Å². The summed E-state index contributed by atoms with van der Waals surface area (Å²) in [6.07, 6.45) is 0. The van der Waals surface area contributed by atoms with Gasteiger partial charge in [-0.3, -0.25) is 4.72 Å². The molecule has 1 heterocycles. The maximum Gasteiger partial charge on any atom is 0.265 e. The van der Waals surface area contributed by atoms with E-state index in [4.69, 9.17) is 11.6 Å². The SMILES string of the molecule is O=S(=O)(Nc1c(Cl)ccc2nsnc12)c1ccccc1O. The number of benzene rings is 2. The predicted molar refractivity (Wildman–Crippen MR) is 81.3 cm³/mol. The van der Waals surface area contributed by atoms with Gasteiger partial charge in [0.25, 0.3) is 10.0 Å². The highest BCUT2D eigenvalue weighted by molar-refractivity contribution is 7.92. The molecule has 3 aromatic rings. The van der Waals surface area contributed by atoms with Gasteiger partial charge in [-0.2, -0.15) is 8.75 Å². The summed E-state index contributed by atoms with van der Waals surface area (Å²) in [5.41, 5.74) is 1.05. The summed E-state index contributed by atoms with van der Waals surface area (Å²) in [6, 6.07) is 8.83. The molecule has 0 fully saturated rings. The van der Waals surface area contributed by atoms with Crippen LogP contribution in [0.25, 0.3) is 11.0 Å². The van der Waals surface area contributed by atoms with Crippen LogP contribution < -0.4 is 4.72 Å². The molecule has 0 radical (unpaired) electrons. The molecule has 0 aliphatic carbocycles. The summed E-state index contributed by atoms with van der Waals surface area (Å²) in [5, 5.41) is 9.89. The number of sulfonamides is 1. The lowest BCUT2D eigenvalue weighted by Crippen LogP contribution is -2.13. The highest BCUT2D eigenvalue weighted by Gasteiger charge is 2.21. The first-order chi connectivity index (χ1) is 9.99. The maximum absolute atomic E-state index is 12.4. The van der Waals surface area contributed by atoms with Crippen molar-refractivity contribution in [2.45, 2.75) is 4.90 Å². The molecule has 0 spiro atoms. The Morgan fingerprint density at radius 1 is 1.14 bits per heavy atom. The second kappa shape index (κ2) is 5.14. The summed E-state index contributed by atoms with van der Waals surface area (Å²) in [5.74, 6) is -0.343. The predicted octanol–water partition coefficient (Wildman–Crippen LogP) is 2.85. The van der Waals surface area contributed by atoms with Crippen LogP contribution in [0.2, 0.25) is 5.02 Å². The molecule has 3 rings (SSSR count). The molecule has 1 aromatic heterocycles. The number of rotatable bonds is 3. The summed E-state index contributed by atoms with van der Waals surface area (Å²) in [7, 11) is -3.98. The lowest BCUT2D eigenvalue weighted by atomic mass is 10.3. The molecule has 0 aliphatic heterocycles. The van der Waals surface area contributed by atoms with E-state index < -0.39 is 10.0 Å². The number of hydrogen-bond acceptors (Lipinski definition) is 6. The van der Waals surface area contributed by atoms with Crippen LogP contribution in [0, 0.1) is 0 Å². The Bertz CT molecular complexity index is 924. The van der Waals surface area contributed by atoms with Crippen molar-refractivity contribution in [1.82, 2.24) is 8.75 Å². The van der Waals surface area contributed by atoms with Gasteiger partial charge in [-0.1, -0.05) is 23.7 Å². The number of aromatic nitrogens is 2. The van der Waals surface area contributed by atoms with E-state index in [9.17, 15) is 13.5 Å². The maximum atomic E-state index is 12.4. The molecule has 0 aliphatic rings. The van der Waals surface area contributed by atoms with E-state index in [0.29, 0.717) is 11.0 Å². The van der Waals surface area contributed by atoms with Gasteiger partial charge < -0.3 is 5.11 Å². The van der Waals surface area contributed by atoms with Gasteiger partial charge in [0, 0.05) is 0 Å². The van der Waals surface area contributed by atoms with Crippen molar-refractivity contribution in [3.05, 3.63) is 41.4 Å². The van der Waals surface area contributed by atoms with Crippen molar-refractivity contribution >= 4 is 50.1 Å². The molecule has 0 unspecified atom stereocenters. The van der Waals surface area contributed by atoms with Crippen molar-refractivity contribution < 1.29 is 13.5 Å². The average Bonchev–Trinajstić information content (AvgIpc) is 2.91. The summed E-state index contributed by atoms with van der Waals surface area (Å²) in [6.45, 7) is 0. The average molecular weight is 342 g/mol. The zero-order valence-electron chi connectivity index (χ0n) is 10.3. The van der Waals surface area contributed by atoms with Gasteiger partial charge in [-0.25, -0.2) is 8.42 Å². The Morgan fingerprint density at radius 2 is 1.90 bits per heavy atom. The molecule has 9 heteroatoms. The van der Waals surface area contributed by atoms with E-state index in [-0.39, 0.29) is 21.4 Å². The van der Waals surface area contributed by atoms with Gasteiger partial charge in [0.1, 0.15) is 21.7 Å². The number of phenols is 1. The van der Waals surface area contributed by atoms with Crippen LogP contribution in [-0.2, 0) is 10.0 Å². The van der Waals surface area contributed by atoms with Crippen molar-refractivity contribution in [3.8, 4) is 5.75 Å². The molecule has 0 saturated heterocycles. The first kappa shape index (κ1) is 14.1. The van der Waals surface area contributed by atoms with Crippen LogP contribution >= 0.6 is 23.3 Å². The molecule has 0 amide bonds. The van der Waals surface area contributed by atoms with Crippen molar-refractivity contribution in [2.24, 2.45) is 0 Å². The number of aromatic hydroxyl groups is 1. The molecule has 0 saturated carbocycles. The second-order valence-corrected chi connectivity index (χ2v) is 6.71. The van der Waals surface area contributed by atoms with Crippen LogP contribution in [0.5, 0.6) is 5.75 Å². The summed E-state index contributed by atoms with van der Waals surface area (Å²) < 4.78 is 35.2.